The molecule has 1 aromatic heterocycles. The first-order chi connectivity index (χ1) is 11.0. The molecule has 0 aliphatic heterocycles. The lowest BCUT2D eigenvalue weighted by Crippen LogP contribution is -2.48. The summed E-state index contributed by atoms with van der Waals surface area (Å²) < 4.78 is 4.48. The van der Waals surface area contributed by atoms with Gasteiger partial charge in [-0.2, -0.15) is 0 Å². The molecule has 0 bridgehead atoms. The number of ether oxygens (including phenoxy) is 1. The molecule has 23 heavy (non-hydrogen) atoms. The highest BCUT2D eigenvalue weighted by Gasteiger charge is 2.21. The fourth-order valence-corrected chi connectivity index (χ4v) is 2.33. The predicted molar refractivity (Wildman–Crippen MR) is 84.6 cm³/mol. The lowest BCUT2D eigenvalue weighted by Gasteiger charge is -2.17. The molecule has 2 amide bonds. The Morgan fingerprint density at radius 3 is 2.70 bits per heavy atom. The van der Waals surface area contributed by atoms with Crippen LogP contribution in [0.2, 0.25) is 0 Å². The van der Waals surface area contributed by atoms with Crippen molar-refractivity contribution in [3.05, 3.63) is 36.0 Å². The highest BCUT2D eigenvalue weighted by atomic mass is 16.5. The second-order valence-electron chi connectivity index (χ2n) is 5.11. The molecule has 0 spiro atoms. The maximum absolute atomic E-state index is 12.2. The number of aromatic amines is 1. The maximum atomic E-state index is 12.2. The molecule has 122 valence electrons. The van der Waals surface area contributed by atoms with Gasteiger partial charge in [-0.3, -0.25) is 14.4 Å². The van der Waals surface area contributed by atoms with E-state index in [1.165, 1.54) is 14.0 Å². The number of methoxy groups -OCH3 is 1. The van der Waals surface area contributed by atoms with E-state index in [-0.39, 0.29) is 12.5 Å². The number of fused-ring (bicyclic) bond motifs is 1. The van der Waals surface area contributed by atoms with Gasteiger partial charge in [0.15, 0.2) is 0 Å². The molecule has 7 nitrogen and oxygen atoms in total. The Morgan fingerprint density at radius 2 is 2.00 bits per heavy atom. The number of benzene rings is 1. The van der Waals surface area contributed by atoms with E-state index in [9.17, 15) is 14.4 Å². The van der Waals surface area contributed by atoms with Gasteiger partial charge >= 0.3 is 5.97 Å². The molecule has 0 aliphatic rings. The smallest absolute Gasteiger partial charge is 0.325 e. The molecule has 3 N–H and O–H groups in total. The Hall–Kier alpha value is -2.83. The van der Waals surface area contributed by atoms with Crippen LogP contribution < -0.4 is 10.6 Å². The molecule has 1 atom stereocenters. The summed E-state index contributed by atoms with van der Waals surface area (Å²) in [5.41, 5.74) is 1.87. The summed E-state index contributed by atoms with van der Waals surface area (Å²) in [5.74, 6) is -1.30. The number of hydrogen-bond acceptors (Lipinski definition) is 4. The molecule has 0 aliphatic carbocycles. The maximum Gasteiger partial charge on any atom is 0.325 e. The van der Waals surface area contributed by atoms with E-state index in [0.29, 0.717) is 6.42 Å². The predicted octanol–water partition coefficient (Wildman–Crippen LogP) is 0.504. The van der Waals surface area contributed by atoms with Crippen molar-refractivity contribution in [2.45, 2.75) is 19.4 Å². The third-order valence-electron chi connectivity index (χ3n) is 3.43. The minimum atomic E-state index is -0.767. The molecule has 2 rings (SSSR count). The number of aromatic nitrogens is 1. The highest BCUT2D eigenvalue weighted by Crippen LogP contribution is 2.19. The zero-order valence-corrected chi connectivity index (χ0v) is 13.0. The number of carbonyl (C=O) groups is 3. The summed E-state index contributed by atoms with van der Waals surface area (Å²) in [5, 5.41) is 6.06. The molecule has 0 fully saturated rings. The monoisotopic (exact) mass is 317 g/mol. The van der Waals surface area contributed by atoms with Gasteiger partial charge in [0, 0.05) is 30.4 Å². The second kappa shape index (κ2) is 7.44. The standard InChI is InChI=1S/C16H19N3O4/c1-10(20)19-14(16(22)18-9-15(21)23-2)7-11-8-17-13-6-4-3-5-12(11)13/h3-6,8,14,17H,7,9H2,1-2H3,(H,18,22)(H,19,20)/t14-/m0/s1. The number of esters is 1. The summed E-state index contributed by atoms with van der Waals surface area (Å²) in [7, 11) is 1.24. The summed E-state index contributed by atoms with van der Waals surface area (Å²) in [4.78, 5) is 37.8. The minimum Gasteiger partial charge on any atom is -0.468 e. The van der Waals surface area contributed by atoms with Crippen molar-refractivity contribution < 1.29 is 19.1 Å². The van der Waals surface area contributed by atoms with Crippen LogP contribution in [0.25, 0.3) is 10.9 Å². The molecular weight excluding hydrogens is 298 g/mol. The van der Waals surface area contributed by atoms with Gasteiger partial charge in [0.1, 0.15) is 12.6 Å². The van der Waals surface area contributed by atoms with Crippen LogP contribution >= 0.6 is 0 Å². The Morgan fingerprint density at radius 1 is 1.26 bits per heavy atom. The fourth-order valence-electron chi connectivity index (χ4n) is 2.33. The van der Waals surface area contributed by atoms with Crippen LogP contribution in [0.15, 0.2) is 30.5 Å². The Labute approximate surface area is 133 Å². The van der Waals surface area contributed by atoms with Gasteiger partial charge in [-0.15, -0.1) is 0 Å². The van der Waals surface area contributed by atoms with Crippen molar-refractivity contribution in [1.82, 2.24) is 15.6 Å². The number of hydrogen-bond donors (Lipinski definition) is 3. The normalized spacial score (nSPS) is 11.7. The van der Waals surface area contributed by atoms with Gasteiger partial charge in [-0.25, -0.2) is 0 Å². The number of amides is 2. The first-order valence-electron chi connectivity index (χ1n) is 7.18. The van der Waals surface area contributed by atoms with Crippen LogP contribution in [-0.4, -0.2) is 42.5 Å². The summed E-state index contributed by atoms with van der Waals surface area (Å²) in [6, 6.07) is 6.93. The number of nitrogens with one attached hydrogen (secondary N) is 3. The summed E-state index contributed by atoms with van der Waals surface area (Å²) in [6.45, 7) is 1.11. The number of carbonyl (C=O) groups excluding carboxylic acids is 3. The Bertz CT molecular complexity index is 723. The number of rotatable bonds is 6. The Kier molecular flexibility index (Phi) is 5.35. The zero-order chi connectivity index (χ0) is 16.8. The number of H-pyrrole nitrogens is 1. The molecule has 1 aromatic carbocycles. The topological polar surface area (TPSA) is 100 Å². The van der Waals surface area contributed by atoms with Crippen LogP contribution in [0.3, 0.4) is 0 Å². The summed E-state index contributed by atoms with van der Waals surface area (Å²) >= 11 is 0. The van der Waals surface area contributed by atoms with Crippen LogP contribution in [0.4, 0.5) is 0 Å². The second-order valence-corrected chi connectivity index (χ2v) is 5.11. The van der Waals surface area contributed by atoms with E-state index in [1.54, 1.807) is 0 Å². The van der Waals surface area contributed by atoms with Gasteiger partial charge in [-0.05, 0) is 11.6 Å². The van der Waals surface area contributed by atoms with Crippen LogP contribution in [0.1, 0.15) is 12.5 Å². The molecule has 1 heterocycles. The molecule has 2 aromatic rings. The van der Waals surface area contributed by atoms with Gasteiger partial charge in [-0.1, -0.05) is 18.2 Å². The highest BCUT2D eigenvalue weighted by molar-refractivity contribution is 5.90. The van der Waals surface area contributed by atoms with Gasteiger partial charge < -0.3 is 20.4 Å². The molecule has 7 heteroatoms. The molecule has 0 radical (unpaired) electrons. The van der Waals surface area contributed by atoms with Gasteiger partial charge in [0.25, 0.3) is 0 Å². The largest absolute Gasteiger partial charge is 0.468 e. The van der Waals surface area contributed by atoms with Crippen molar-refractivity contribution in [2.24, 2.45) is 0 Å². The van der Waals surface area contributed by atoms with E-state index in [2.05, 4.69) is 20.4 Å². The van der Waals surface area contributed by atoms with Gasteiger partial charge in [0.05, 0.1) is 7.11 Å². The fraction of sp³-hybridized carbons (Fsp3) is 0.312. The third-order valence-corrected chi connectivity index (χ3v) is 3.43. The van der Waals surface area contributed by atoms with E-state index >= 15 is 0 Å². The lowest BCUT2D eigenvalue weighted by molar-refractivity contribution is -0.141. The quantitative estimate of drug-likeness (QED) is 0.676. The molecule has 0 unspecified atom stereocenters. The average Bonchev–Trinajstić information content (AvgIpc) is 2.94. The van der Waals surface area contributed by atoms with Crippen LogP contribution in [0, 0.1) is 0 Å². The molecular formula is C16H19N3O4. The lowest BCUT2D eigenvalue weighted by atomic mass is 10.0. The van der Waals surface area contributed by atoms with Crippen molar-refractivity contribution >= 4 is 28.7 Å². The van der Waals surface area contributed by atoms with Gasteiger partial charge in [0.2, 0.25) is 11.8 Å². The molecule has 0 saturated carbocycles. The van der Waals surface area contributed by atoms with Crippen molar-refractivity contribution in [3.8, 4) is 0 Å². The van der Waals surface area contributed by atoms with E-state index < -0.39 is 17.9 Å². The SMILES string of the molecule is COC(=O)CNC(=O)[C@H](Cc1c[nH]c2ccccc12)NC(C)=O. The van der Waals surface area contributed by atoms with E-state index in [0.717, 1.165) is 16.5 Å². The first kappa shape index (κ1) is 16.5. The van der Waals surface area contributed by atoms with E-state index in [1.807, 2.05) is 30.5 Å². The zero-order valence-electron chi connectivity index (χ0n) is 13.0. The minimum absolute atomic E-state index is 0.237. The first-order valence-corrected chi connectivity index (χ1v) is 7.18. The van der Waals surface area contributed by atoms with Crippen molar-refractivity contribution in [3.63, 3.8) is 0 Å². The van der Waals surface area contributed by atoms with Crippen molar-refractivity contribution in [1.29, 1.82) is 0 Å². The summed E-state index contributed by atoms with van der Waals surface area (Å²) in [6.07, 6.45) is 2.13. The van der Waals surface area contributed by atoms with Crippen LogP contribution in [0.5, 0.6) is 0 Å². The van der Waals surface area contributed by atoms with Crippen LogP contribution in [-0.2, 0) is 25.5 Å². The molecule has 0 saturated heterocycles. The average molecular weight is 317 g/mol. The number of para-hydroxylation sites is 1. The third kappa shape index (κ3) is 4.32. The van der Waals surface area contributed by atoms with Crippen molar-refractivity contribution in [2.75, 3.05) is 13.7 Å². The van der Waals surface area contributed by atoms with E-state index in [4.69, 9.17) is 0 Å². The Balaban J connectivity index is 2.13.